The minimum Gasteiger partial charge on any atom is -0.444 e. The van der Waals surface area contributed by atoms with E-state index in [2.05, 4.69) is 16.3 Å². The van der Waals surface area contributed by atoms with Crippen molar-refractivity contribution in [2.24, 2.45) is 5.92 Å². The van der Waals surface area contributed by atoms with Crippen molar-refractivity contribution in [2.45, 2.75) is 45.8 Å². The van der Waals surface area contributed by atoms with Crippen LogP contribution in [0.25, 0.3) is 0 Å². The van der Waals surface area contributed by atoms with Gasteiger partial charge in [0.1, 0.15) is 5.60 Å². The summed E-state index contributed by atoms with van der Waals surface area (Å²) < 4.78 is 5.28. The minimum atomic E-state index is -0.460. The Morgan fingerprint density at radius 2 is 2.08 bits per heavy atom. The van der Waals surface area contributed by atoms with E-state index in [9.17, 15) is 4.79 Å². The Kier molecular flexibility index (Phi) is 6.22. The van der Waals surface area contributed by atoms with Crippen molar-refractivity contribution in [1.29, 1.82) is 5.26 Å². The zero-order valence-corrected chi connectivity index (χ0v) is 14.8. The van der Waals surface area contributed by atoms with Crippen LogP contribution in [0.15, 0.2) is 24.3 Å². The summed E-state index contributed by atoms with van der Waals surface area (Å²) in [4.78, 5) is 14.2. The van der Waals surface area contributed by atoms with Crippen LogP contribution >= 0.6 is 0 Å². The van der Waals surface area contributed by atoms with Gasteiger partial charge in [-0.15, -0.1) is 0 Å². The number of hydrogen-bond acceptors (Lipinski definition) is 4. The maximum Gasteiger partial charge on any atom is 0.407 e. The van der Waals surface area contributed by atoms with Crippen LogP contribution in [0.3, 0.4) is 0 Å². The van der Waals surface area contributed by atoms with Gasteiger partial charge in [0.25, 0.3) is 0 Å². The molecule has 1 saturated heterocycles. The third-order valence-electron chi connectivity index (χ3n) is 4.03. The summed E-state index contributed by atoms with van der Waals surface area (Å²) >= 11 is 0. The third kappa shape index (κ3) is 6.21. The number of rotatable bonds is 4. The Morgan fingerprint density at radius 3 is 2.71 bits per heavy atom. The van der Waals surface area contributed by atoms with Crippen LogP contribution < -0.4 is 5.32 Å². The molecule has 1 aliphatic heterocycles. The molecule has 1 fully saturated rings. The number of hydrogen-bond donors (Lipinski definition) is 1. The summed E-state index contributed by atoms with van der Waals surface area (Å²) in [5.41, 5.74) is 1.45. The van der Waals surface area contributed by atoms with E-state index in [0.717, 1.165) is 32.5 Å². The summed E-state index contributed by atoms with van der Waals surface area (Å²) in [5.74, 6) is 0.449. The summed E-state index contributed by atoms with van der Waals surface area (Å²) in [7, 11) is 0. The molecule has 1 aliphatic rings. The molecule has 1 aromatic rings. The number of nitriles is 1. The van der Waals surface area contributed by atoms with Gasteiger partial charge in [0.2, 0.25) is 0 Å². The average molecular weight is 329 g/mol. The van der Waals surface area contributed by atoms with Crippen molar-refractivity contribution in [3.8, 4) is 6.07 Å². The number of piperidine rings is 1. The van der Waals surface area contributed by atoms with E-state index in [1.807, 2.05) is 45.0 Å². The second-order valence-corrected chi connectivity index (χ2v) is 7.43. The fourth-order valence-corrected chi connectivity index (χ4v) is 2.95. The highest BCUT2D eigenvalue weighted by Gasteiger charge is 2.22. The quantitative estimate of drug-likeness (QED) is 0.920. The number of nitrogens with one attached hydrogen (secondary N) is 1. The summed E-state index contributed by atoms with van der Waals surface area (Å²) in [6.45, 7) is 9.18. The molecule has 0 aromatic heterocycles. The molecular formula is C19H27N3O2. The van der Waals surface area contributed by atoms with Gasteiger partial charge in [-0.2, -0.15) is 5.26 Å². The molecule has 0 aliphatic carbocycles. The van der Waals surface area contributed by atoms with Crippen molar-refractivity contribution in [3.05, 3.63) is 35.4 Å². The Hall–Kier alpha value is -2.06. The number of ether oxygens (including phenoxy) is 1. The molecular weight excluding hydrogens is 302 g/mol. The first kappa shape index (κ1) is 18.3. The molecule has 5 heteroatoms. The molecule has 1 unspecified atom stereocenters. The molecule has 1 heterocycles. The van der Waals surface area contributed by atoms with E-state index >= 15 is 0 Å². The lowest BCUT2D eigenvalue weighted by Crippen LogP contribution is -2.41. The van der Waals surface area contributed by atoms with Crippen molar-refractivity contribution in [2.75, 3.05) is 19.6 Å². The van der Waals surface area contributed by atoms with Gasteiger partial charge in [-0.25, -0.2) is 4.79 Å². The Morgan fingerprint density at radius 1 is 1.38 bits per heavy atom. The van der Waals surface area contributed by atoms with Crippen LogP contribution in [0, 0.1) is 17.2 Å². The predicted molar refractivity (Wildman–Crippen MR) is 93.4 cm³/mol. The maximum atomic E-state index is 11.8. The van der Waals surface area contributed by atoms with Gasteiger partial charge in [-0.05, 0) is 63.8 Å². The average Bonchev–Trinajstić information content (AvgIpc) is 2.52. The first-order valence-corrected chi connectivity index (χ1v) is 8.54. The van der Waals surface area contributed by atoms with Crippen molar-refractivity contribution >= 4 is 6.09 Å². The molecule has 5 nitrogen and oxygen atoms in total. The first-order valence-electron chi connectivity index (χ1n) is 8.54. The molecule has 24 heavy (non-hydrogen) atoms. The Balaban J connectivity index is 1.79. The Labute approximate surface area is 144 Å². The second-order valence-electron chi connectivity index (χ2n) is 7.43. The summed E-state index contributed by atoms with van der Waals surface area (Å²) in [6.07, 6.45) is 1.92. The number of benzene rings is 1. The number of carbonyl (C=O) groups excluding carboxylic acids is 1. The molecule has 0 saturated carbocycles. The number of amides is 1. The molecule has 1 atom stereocenters. The molecule has 1 aromatic carbocycles. The predicted octanol–water partition coefficient (Wildman–Crippen LogP) is 3.29. The number of alkyl carbamates (subject to hydrolysis) is 1. The van der Waals surface area contributed by atoms with E-state index < -0.39 is 5.60 Å². The van der Waals surface area contributed by atoms with Crippen molar-refractivity contribution in [3.63, 3.8) is 0 Å². The van der Waals surface area contributed by atoms with Gasteiger partial charge in [0.05, 0.1) is 11.6 Å². The maximum absolute atomic E-state index is 11.8. The van der Waals surface area contributed by atoms with Crippen LogP contribution in [-0.4, -0.2) is 36.2 Å². The van der Waals surface area contributed by atoms with E-state index in [0.29, 0.717) is 18.0 Å². The molecule has 1 amide bonds. The standard InChI is InChI=1S/C19H27N3O2/c1-19(2,3)24-18(23)21-12-17-5-4-10-22(14-17)13-16-8-6-15(11-20)7-9-16/h6-9,17H,4-5,10,12-14H2,1-3H3,(H,21,23). The monoisotopic (exact) mass is 329 g/mol. The lowest BCUT2D eigenvalue weighted by atomic mass is 9.97. The summed E-state index contributed by atoms with van der Waals surface area (Å²) in [5, 5.41) is 11.7. The highest BCUT2D eigenvalue weighted by Crippen LogP contribution is 2.18. The highest BCUT2D eigenvalue weighted by atomic mass is 16.6. The van der Waals surface area contributed by atoms with Crippen molar-refractivity contribution < 1.29 is 9.53 Å². The zero-order valence-electron chi connectivity index (χ0n) is 14.8. The van der Waals surface area contributed by atoms with Gasteiger partial charge in [0.15, 0.2) is 0 Å². The van der Waals surface area contributed by atoms with E-state index in [1.54, 1.807) is 0 Å². The lowest BCUT2D eigenvalue weighted by molar-refractivity contribution is 0.0506. The number of carbonyl (C=O) groups is 1. The van der Waals surface area contributed by atoms with Crippen LogP contribution in [0.2, 0.25) is 0 Å². The van der Waals surface area contributed by atoms with Gasteiger partial charge < -0.3 is 10.1 Å². The topological polar surface area (TPSA) is 65.4 Å². The molecule has 2 rings (SSSR count). The SMILES string of the molecule is CC(C)(C)OC(=O)NCC1CCCN(Cc2ccc(C#N)cc2)C1. The molecule has 0 spiro atoms. The van der Waals surface area contributed by atoms with Crippen LogP contribution in [0.4, 0.5) is 4.79 Å². The number of nitrogens with zero attached hydrogens (tertiary/aromatic N) is 2. The molecule has 130 valence electrons. The largest absolute Gasteiger partial charge is 0.444 e. The van der Waals surface area contributed by atoms with Gasteiger partial charge >= 0.3 is 6.09 Å². The fraction of sp³-hybridized carbons (Fsp3) is 0.579. The fourth-order valence-electron chi connectivity index (χ4n) is 2.95. The van der Waals surface area contributed by atoms with Crippen LogP contribution in [-0.2, 0) is 11.3 Å². The smallest absolute Gasteiger partial charge is 0.407 e. The van der Waals surface area contributed by atoms with Gasteiger partial charge in [-0.1, -0.05) is 12.1 Å². The van der Waals surface area contributed by atoms with E-state index in [1.165, 1.54) is 5.56 Å². The Bertz CT molecular complexity index is 584. The molecule has 0 bridgehead atoms. The first-order chi connectivity index (χ1) is 11.4. The minimum absolute atomic E-state index is 0.341. The van der Waals surface area contributed by atoms with Crippen LogP contribution in [0.5, 0.6) is 0 Å². The van der Waals surface area contributed by atoms with E-state index in [4.69, 9.17) is 10.00 Å². The zero-order chi connectivity index (χ0) is 17.6. The second kappa shape index (κ2) is 8.16. The van der Waals surface area contributed by atoms with Gasteiger partial charge in [-0.3, -0.25) is 4.90 Å². The van der Waals surface area contributed by atoms with E-state index in [-0.39, 0.29) is 6.09 Å². The van der Waals surface area contributed by atoms with Gasteiger partial charge in [0, 0.05) is 19.6 Å². The highest BCUT2D eigenvalue weighted by molar-refractivity contribution is 5.67. The van der Waals surface area contributed by atoms with Crippen LogP contribution in [0.1, 0.15) is 44.7 Å². The number of likely N-dealkylation sites (tertiary alicyclic amines) is 1. The molecule has 0 radical (unpaired) electrons. The normalized spacial score (nSPS) is 18.7. The summed E-state index contributed by atoms with van der Waals surface area (Å²) in [6, 6.07) is 9.90. The third-order valence-corrected chi connectivity index (χ3v) is 4.03. The molecule has 1 N–H and O–H groups in total. The lowest BCUT2D eigenvalue weighted by Gasteiger charge is -2.33. The van der Waals surface area contributed by atoms with Crippen molar-refractivity contribution in [1.82, 2.24) is 10.2 Å².